The van der Waals surface area contributed by atoms with Gasteiger partial charge in [-0.25, -0.2) is 0 Å². The molecule has 1 rings (SSSR count). The summed E-state index contributed by atoms with van der Waals surface area (Å²) in [5, 5.41) is 8.80. The zero-order valence-electron chi connectivity index (χ0n) is 10.9. The topological polar surface area (TPSA) is 83.6 Å². The van der Waals surface area contributed by atoms with Gasteiger partial charge in [0.1, 0.15) is 0 Å². The fraction of sp³-hybridized carbons (Fsp3) is 0.385. The quantitative estimate of drug-likeness (QED) is 0.812. The van der Waals surface area contributed by atoms with Crippen LogP contribution in [0.1, 0.15) is 30.6 Å². The molecule has 1 aromatic rings. The molecule has 6 heteroatoms. The van der Waals surface area contributed by atoms with Gasteiger partial charge in [0.2, 0.25) is 0 Å². The van der Waals surface area contributed by atoms with Crippen LogP contribution in [-0.4, -0.2) is 34.5 Å². The van der Waals surface area contributed by atoms with Crippen molar-refractivity contribution in [3.05, 3.63) is 28.2 Å². The molecule has 0 saturated carbocycles. The third-order valence-electron chi connectivity index (χ3n) is 2.85. The van der Waals surface area contributed by atoms with E-state index in [1.54, 1.807) is 25.1 Å². The van der Waals surface area contributed by atoms with E-state index in [1.807, 2.05) is 6.92 Å². The first kappa shape index (κ1) is 15.5. The minimum atomic E-state index is -0.919. The third-order valence-corrected chi connectivity index (χ3v) is 3.54. The van der Waals surface area contributed by atoms with Crippen LogP contribution in [0, 0.1) is 0 Å². The molecule has 0 aromatic heterocycles. The van der Waals surface area contributed by atoms with Crippen LogP contribution in [-0.2, 0) is 4.79 Å². The summed E-state index contributed by atoms with van der Waals surface area (Å²) in [4.78, 5) is 24.6. The monoisotopic (exact) mass is 328 g/mol. The Kier molecular flexibility index (Phi) is 5.35. The third kappa shape index (κ3) is 3.96. The molecule has 0 saturated heterocycles. The normalized spacial score (nSPS) is 11.9. The second-order valence-electron chi connectivity index (χ2n) is 4.27. The van der Waals surface area contributed by atoms with Gasteiger partial charge in [-0.05, 0) is 48.0 Å². The minimum absolute atomic E-state index is 0.0737. The molecule has 0 radical (unpaired) electrons. The Morgan fingerprint density at radius 1 is 1.47 bits per heavy atom. The highest BCUT2D eigenvalue weighted by Crippen LogP contribution is 2.22. The Hall–Kier alpha value is -1.56. The summed E-state index contributed by atoms with van der Waals surface area (Å²) in [5.74, 6) is -1.12. The first-order valence-electron chi connectivity index (χ1n) is 5.94. The molecule has 104 valence electrons. The van der Waals surface area contributed by atoms with Gasteiger partial charge >= 0.3 is 5.97 Å². The Morgan fingerprint density at radius 2 is 2.11 bits per heavy atom. The number of hydrogen-bond acceptors (Lipinski definition) is 3. The number of rotatable bonds is 5. The lowest BCUT2D eigenvalue weighted by molar-refractivity contribution is -0.138. The van der Waals surface area contributed by atoms with Crippen LogP contribution < -0.4 is 5.73 Å². The predicted molar refractivity (Wildman–Crippen MR) is 77.0 cm³/mol. The van der Waals surface area contributed by atoms with E-state index in [1.165, 1.54) is 4.90 Å². The van der Waals surface area contributed by atoms with E-state index < -0.39 is 5.97 Å². The van der Waals surface area contributed by atoms with E-state index in [0.717, 1.165) is 0 Å². The molecule has 0 aliphatic rings. The van der Waals surface area contributed by atoms with Crippen molar-refractivity contribution in [3.8, 4) is 0 Å². The number of nitrogens with zero attached hydrogens (tertiary/aromatic N) is 1. The number of carboxylic acids is 1. The molecule has 0 spiro atoms. The van der Waals surface area contributed by atoms with Crippen LogP contribution in [0.25, 0.3) is 0 Å². The van der Waals surface area contributed by atoms with Crippen molar-refractivity contribution in [2.24, 2.45) is 0 Å². The van der Waals surface area contributed by atoms with Crippen molar-refractivity contribution in [1.29, 1.82) is 0 Å². The summed E-state index contributed by atoms with van der Waals surface area (Å²) in [6.07, 6.45) is -0.0737. The van der Waals surface area contributed by atoms with Crippen molar-refractivity contribution in [1.82, 2.24) is 4.90 Å². The smallest absolute Gasteiger partial charge is 0.305 e. The van der Waals surface area contributed by atoms with Crippen molar-refractivity contribution in [2.75, 3.05) is 12.3 Å². The minimum Gasteiger partial charge on any atom is -0.481 e. The highest BCUT2D eigenvalue weighted by molar-refractivity contribution is 9.10. The summed E-state index contributed by atoms with van der Waals surface area (Å²) >= 11 is 3.27. The number of nitrogens with two attached hydrogens (primary N) is 1. The average molecular weight is 329 g/mol. The number of aliphatic carboxylic acids is 1. The largest absolute Gasteiger partial charge is 0.481 e. The molecule has 0 heterocycles. The molecule has 1 aromatic carbocycles. The van der Waals surface area contributed by atoms with Gasteiger partial charge in [-0.15, -0.1) is 0 Å². The number of anilines is 1. The lowest BCUT2D eigenvalue weighted by Crippen LogP contribution is -2.39. The number of carbonyl (C=O) groups is 2. The van der Waals surface area contributed by atoms with Crippen LogP contribution in [0.4, 0.5) is 5.69 Å². The van der Waals surface area contributed by atoms with E-state index in [2.05, 4.69) is 15.9 Å². The molecule has 1 unspecified atom stereocenters. The number of nitrogen functional groups attached to an aromatic ring is 1. The number of amides is 1. The Balaban J connectivity index is 2.94. The maximum absolute atomic E-state index is 12.3. The average Bonchev–Trinajstić information content (AvgIpc) is 2.32. The van der Waals surface area contributed by atoms with Crippen LogP contribution in [0.15, 0.2) is 22.7 Å². The molecule has 19 heavy (non-hydrogen) atoms. The van der Waals surface area contributed by atoms with E-state index in [4.69, 9.17) is 10.8 Å². The van der Waals surface area contributed by atoms with Gasteiger partial charge < -0.3 is 15.7 Å². The Labute approximate surface area is 120 Å². The van der Waals surface area contributed by atoms with Gasteiger partial charge in [0, 0.05) is 28.3 Å². The van der Waals surface area contributed by atoms with Crippen LogP contribution >= 0.6 is 15.9 Å². The van der Waals surface area contributed by atoms with Crippen molar-refractivity contribution < 1.29 is 14.7 Å². The fourth-order valence-electron chi connectivity index (χ4n) is 1.84. The number of hydrogen-bond donors (Lipinski definition) is 2. The molecule has 1 amide bonds. The van der Waals surface area contributed by atoms with Crippen molar-refractivity contribution in [2.45, 2.75) is 26.3 Å². The lowest BCUT2D eigenvalue weighted by atomic mass is 10.1. The van der Waals surface area contributed by atoms with Gasteiger partial charge in [-0.2, -0.15) is 0 Å². The molecule has 5 nitrogen and oxygen atoms in total. The molecule has 0 fully saturated rings. The van der Waals surface area contributed by atoms with E-state index >= 15 is 0 Å². The second-order valence-corrected chi connectivity index (χ2v) is 5.13. The second kappa shape index (κ2) is 6.56. The highest BCUT2D eigenvalue weighted by Gasteiger charge is 2.22. The maximum Gasteiger partial charge on any atom is 0.305 e. The Bertz CT molecular complexity index is 491. The summed E-state index contributed by atoms with van der Waals surface area (Å²) in [7, 11) is 0. The lowest BCUT2D eigenvalue weighted by Gasteiger charge is -2.27. The number of halogens is 1. The van der Waals surface area contributed by atoms with E-state index in [-0.39, 0.29) is 18.4 Å². The first-order valence-corrected chi connectivity index (χ1v) is 6.73. The molecule has 0 aliphatic carbocycles. The number of carbonyl (C=O) groups excluding carboxylic acids is 1. The summed E-state index contributed by atoms with van der Waals surface area (Å²) in [6.45, 7) is 4.00. The van der Waals surface area contributed by atoms with Crippen LogP contribution in [0.2, 0.25) is 0 Å². The standard InChI is InChI=1S/C13H17BrN2O3/c1-3-16(8(2)6-12(17)18)13(19)9-4-5-11(15)10(14)7-9/h4-5,7-8H,3,6,15H2,1-2H3,(H,17,18). The SMILES string of the molecule is CCN(C(=O)c1ccc(N)c(Br)c1)C(C)CC(=O)O. The van der Waals surface area contributed by atoms with Gasteiger partial charge in [0.15, 0.2) is 0 Å². The van der Waals surface area contributed by atoms with Crippen molar-refractivity contribution >= 4 is 33.5 Å². The van der Waals surface area contributed by atoms with E-state index in [9.17, 15) is 9.59 Å². The zero-order chi connectivity index (χ0) is 14.6. The molecule has 3 N–H and O–H groups in total. The number of carboxylic acid groups (broad SMARTS) is 1. The molecular formula is C13H17BrN2O3. The molecule has 0 aliphatic heterocycles. The van der Waals surface area contributed by atoms with E-state index in [0.29, 0.717) is 22.3 Å². The zero-order valence-corrected chi connectivity index (χ0v) is 12.5. The summed E-state index contributed by atoms with van der Waals surface area (Å²) in [5.41, 5.74) is 6.71. The molecule has 0 bridgehead atoms. The maximum atomic E-state index is 12.3. The van der Waals surface area contributed by atoms with Gasteiger partial charge in [-0.3, -0.25) is 9.59 Å². The van der Waals surface area contributed by atoms with Gasteiger partial charge in [-0.1, -0.05) is 0 Å². The summed E-state index contributed by atoms with van der Waals surface area (Å²) in [6, 6.07) is 4.57. The highest BCUT2D eigenvalue weighted by atomic mass is 79.9. The van der Waals surface area contributed by atoms with Gasteiger partial charge in [0.05, 0.1) is 6.42 Å². The molecular weight excluding hydrogens is 312 g/mol. The predicted octanol–water partition coefficient (Wildman–Crippen LogP) is 2.36. The van der Waals surface area contributed by atoms with Gasteiger partial charge in [0.25, 0.3) is 5.91 Å². The van der Waals surface area contributed by atoms with Crippen LogP contribution in [0.3, 0.4) is 0 Å². The first-order chi connectivity index (χ1) is 8.86. The fourth-order valence-corrected chi connectivity index (χ4v) is 2.22. The van der Waals surface area contributed by atoms with Crippen molar-refractivity contribution in [3.63, 3.8) is 0 Å². The Morgan fingerprint density at radius 3 is 2.58 bits per heavy atom. The molecule has 1 atom stereocenters. The summed E-state index contributed by atoms with van der Waals surface area (Å²) < 4.78 is 0.653. The van der Waals surface area contributed by atoms with Crippen LogP contribution in [0.5, 0.6) is 0 Å². The number of benzene rings is 1.